The average molecular weight is 422 g/mol. The predicted molar refractivity (Wildman–Crippen MR) is 106 cm³/mol. The number of fused-ring (bicyclic) bond motifs is 1. The van der Waals surface area contributed by atoms with Crippen LogP contribution in [-0.2, 0) is 6.18 Å². The van der Waals surface area contributed by atoms with E-state index in [1.165, 1.54) is 12.1 Å². The monoisotopic (exact) mass is 422 g/mol. The van der Waals surface area contributed by atoms with Crippen molar-refractivity contribution >= 4 is 11.0 Å². The maximum absolute atomic E-state index is 13.7. The van der Waals surface area contributed by atoms with Crippen LogP contribution in [0.3, 0.4) is 0 Å². The number of rotatable bonds is 4. The topological polar surface area (TPSA) is 76.8 Å². The lowest BCUT2D eigenvalue weighted by molar-refractivity contribution is -0.138. The smallest absolute Gasteiger partial charge is 0.420 e. The summed E-state index contributed by atoms with van der Waals surface area (Å²) in [5.41, 5.74) is 0.489. The zero-order valence-electron chi connectivity index (χ0n) is 15.7. The third-order valence-electron chi connectivity index (χ3n) is 4.63. The number of alkyl halides is 3. The molecule has 154 valence electrons. The minimum absolute atomic E-state index is 0.0349. The summed E-state index contributed by atoms with van der Waals surface area (Å²) in [6.07, 6.45) is -1.32. The lowest BCUT2D eigenvalue weighted by atomic mass is 10.1. The molecule has 0 saturated carbocycles. The van der Waals surface area contributed by atoms with Crippen molar-refractivity contribution in [3.63, 3.8) is 0 Å². The zero-order chi connectivity index (χ0) is 21.4. The SMILES string of the molecule is FC(F)(F)c1cc(-c2nc(-c3ccnc4[nH]ccc34)no2)ccc1Oc1ccccc1. The predicted octanol–water partition coefficient (Wildman–Crippen LogP) is 6.09. The molecule has 0 aliphatic rings. The van der Waals surface area contributed by atoms with Crippen LogP contribution >= 0.6 is 0 Å². The Morgan fingerprint density at radius 2 is 1.81 bits per heavy atom. The van der Waals surface area contributed by atoms with Crippen molar-refractivity contribution in [1.29, 1.82) is 0 Å². The van der Waals surface area contributed by atoms with E-state index in [1.807, 2.05) is 6.07 Å². The van der Waals surface area contributed by atoms with Crippen LogP contribution in [0, 0.1) is 0 Å². The fourth-order valence-corrected chi connectivity index (χ4v) is 3.20. The van der Waals surface area contributed by atoms with E-state index in [-0.39, 0.29) is 23.0 Å². The van der Waals surface area contributed by atoms with Crippen molar-refractivity contribution in [2.75, 3.05) is 0 Å². The second kappa shape index (κ2) is 7.28. The van der Waals surface area contributed by atoms with Gasteiger partial charge >= 0.3 is 6.18 Å². The van der Waals surface area contributed by atoms with Gasteiger partial charge in [-0.15, -0.1) is 0 Å². The van der Waals surface area contributed by atoms with Gasteiger partial charge in [0.2, 0.25) is 5.82 Å². The van der Waals surface area contributed by atoms with Gasteiger partial charge in [-0.1, -0.05) is 23.4 Å². The Morgan fingerprint density at radius 3 is 2.61 bits per heavy atom. The van der Waals surface area contributed by atoms with E-state index in [1.54, 1.807) is 48.8 Å². The molecule has 0 aliphatic heterocycles. The van der Waals surface area contributed by atoms with Crippen LogP contribution in [0.5, 0.6) is 11.5 Å². The number of nitrogens with zero attached hydrogens (tertiary/aromatic N) is 3. The number of benzene rings is 2. The third-order valence-corrected chi connectivity index (χ3v) is 4.63. The Hall–Kier alpha value is -4.14. The van der Waals surface area contributed by atoms with Crippen LogP contribution in [-0.4, -0.2) is 20.1 Å². The van der Waals surface area contributed by atoms with E-state index < -0.39 is 11.7 Å². The number of ether oxygens (including phenoxy) is 1. The summed E-state index contributed by atoms with van der Waals surface area (Å²) in [6.45, 7) is 0. The van der Waals surface area contributed by atoms with Crippen molar-refractivity contribution in [2.24, 2.45) is 0 Å². The largest absolute Gasteiger partial charge is 0.457 e. The van der Waals surface area contributed by atoms with Gasteiger partial charge in [-0.3, -0.25) is 0 Å². The number of hydrogen-bond donors (Lipinski definition) is 1. The summed E-state index contributed by atoms with van der Waals surface area (Å²) in [5.74, 6) is 0.201. The van der Waals surface area contributed by atoms with Crippen molar-refractivity contribution in [3.8, 4) is 34.3 Å². The Bertz CT molecular complexity index is 1360. The van der Waals surface area contributed by atoms with E-state index in [9.17, 15) is 13.2 Å². The minimum Gasteiger partial charge on any atom is -0.457 e. The van der Waals surface area contributed by atoms with Gasteiger partial charge in [0.15, 0.2) is 0 Å². The number of pyridine rings is 1. The van der Waals surface area contributed by atoms with E-state index >= 15 is 0 Å². The molecular formula is C22H13F3N4O2. The summed E-state index contributed by atoms with van der Waals surface area (Å²) in [4.78, 5) is 11.5. The first-order chi connectivity index (χ1) is 15.0. The van der Waals surface area contributed by atoms with E-state index in [0.717, 1.165) is 11.5 Å². The van der Waals surface area contributed by atoms with E-state index in [4.69, 9.17) is 9.26 Å². The van der Waals surface area contributed by atoms with Gasteiger partial charge in [-0.2, -0.15) is 18.2 Å². The van der Waals surface area contributed by atoms with Crippen molar-refractivity contribution in [3.05, 3.63) is 78.6 Å². The normalized spacial score (nSPS) is 11.7. The summed E-state index contributed by atoms with van der Waals surface area (Å²) in [5, 5.41) is 4.71. The van der Waals surface area contributed by atoms with E-state index in [2.05, 4.69) is 20.1 Å². The minimum atomic E-state index is -4.63. The average Bonchev–Trinajstić information content (AvgIpc) is 3.44. The molecule has 5 aromatic rings. The summed E-state index contributed by atoms with van der Waals surface area (Å²) >= 11 is 0. The highest BCUT2D eigenvalue weighted by atomic mass is 19.4. The van der Waals surface area contributed by atoms with Crippen molar-refractivity contribution < 1.29 is 22.4 Å². The summed E-state index contributed by atoms with van der Waals surface area (Å²) < 4.78 is 51.8. The molecule has 9 heteroatoms. The van der Waals surface area contributed by atoms with Gasteiger partial charge in [0.1, 0.15) is 17.1 Å². The molecule has 31 heavy (non-hydrogen) atoms. The molecule has 6 nitrogen and oxygen atoms in total. The fourth-order valence-electron chi connectivity index (χ4n) is 3.20. The molecule has 0 bridgehead atoms. The third kappa shape index (κ3) is 3.61. The molecule has 0 unspecified atom stereocenters. The van der Waals surface area contributed by atoms with Gasteiger partial charge < -0.3 is 14.2 Å². The molecule has 1 N–H and O–H groups in total. The maximum atomic E-state index is 13.7. The van der Waals surface area contributed by atoms with Gasteiger partial charge in [-0.25, -0.2) is 4.98 Å². The molecule has 0 spiro atoms. The second-order valence-corrected chi connectivity index (χ2v) is 6.65. The molecule has 0 aliphatic carbocycles. The fraction of sp³-hybridized carbons (Fsp3) is 0.0455. The van der Waals surface area contributed by atoms with Crippen LogP contribution in [0.15, 0.2) is 77.6 Å². The molecule has 0 saturated heterocycles. The number of aromatic amines is 1. The number of hydrogen-bond acceptors (Lipinski definition) is 5. The number of para-hydroxylation sites is 1. The molecule has 2 aromatic carbocycles. The maximum Gasteiger partial charge on any atom is 0.420 e. The number of nitrogens with one attached hydrogen (secondary N) is 1. The van der Waals surface area contributed by atoms with Gasteiger partial charge in [0.25, 0.3) is 5.89 Å². The molecule has 0 radical (unpaired) electrons. The highest BCUT2D eigenvalue weighted by Crippen LogP contribution is 2.40. The molecule has 0 amide bonds. The number of H-pyrrole nitrogens is 1. The van der Waals surface area contributed by atoms with Gasteiger partial charge in [-0.05, 0) is 42.5 Å². The molecular weight excluding hydrogens is 409 g/mol. The number of halogens is 3. The second-order valence-electron chi connectivity index (χ2n) is 6.65. The first kappa shape index (κ1) is 18.9. The lowest BCUT2D eigenvalue weighted by Gasteiger charge is -2.14. The molecule has 3 aromatic heterocycles. The lowest BCUT2D eigenvalue weighted by Crippen LogP contribution is -2.07. The Kier molecular flexibility index (Phi) is 4.43. The zero-order valence-corrected chi connectivity index (χ0v) is 15.7. The van der Waals surface area contributed by atoms with Crippen LogP contribution in [0.2, 0.25) is 0 Å². The van der Waals surface area contributed by atoms with Crippen LogP contribution < -0.4 is 4.74 Å². The number of aromatic nitrogens is 4. The van der Waals surface area contributed by atoms with Crippen molar-refractivity contribution in [2.45, 2.75) is 6.18 Å². The van der Waals surface area contributed by atoms with Gasteiger partial charge in [0, 0.05) is 28.9 Å². The molecule has 3 heterocycles. The first-order valence-corrected chi connectivity index (χ1v) is 9.20. The standard InChI is InChI=1S/C22H13F3N4O2/c23-22(24,25)17-12-13(6-7-18(17)30-14-4-2-1-3-5-14)21-28-20(29-31-21)16-9-11-27-19-15(16)8-10-26-19/h1-12H,(H,26,27). The highest BCUT2D eigenvalue weighted by Gasteiger charge is 2.35. The quantitative estimate of drug-likeness (QED) is 0.379. The van der Waals surface area contributed by atoms with Gasteiger partial charge in [0.05, 0.1) is 5.56 Å². The van der Waals surface area contributed by atoms with Crippen LogP contribution in [0.4, 0.5) is 13.2 Å². The Morgan fingerprint density at radius 1 is 0.968 bits per heavy atom. The Balaban J connectivity index is 1.53. The molecule has 5 rings (SSSR count). The first-order valence-electron chi connectivity index (χ1n) is 9.20. The van der Waals surface area contributed by atoms with Crippen LogP contribution in [0.1, 0.15) is 5.56 Å². The molecule has 0 atom stereocenters. The van der Waals surface area contributed by atoms with Crippen LogP contribution in [0.25, 0.3) is 33.9 Å². The summed E-state index contributed by atoms with van der Waals surface area (Å²) in [6, 6.07) is 15.4. The summed E-state index contributed by atoms with van der Waals surface area (Å²) in [7, 11) is 0. The molecule has 0 fully saturated rings. The Labute approximate surface area is 173 Å². The highest BCUT2D eigenvalue weighted by molar-refractivity contribution is 5.90. The van der Waals surface area contributed by atoms with Crippen molar-refractivity contribution in [1.82, 2.24) is 20.1 Å². The van der Waals surface area contributed by atoms with E-state index in [0.29, 0.717) is 17.0 Å².